The van der Waals surface area contributed by atoms with Crippen molar-refractivity contribution in [2.75, 3.05) is 6.61 Å². The minimum Gasteiger partial charge on any atom is -0.394 e. The highest BCUT2D eigenvalue weighted by atomic mass is 16.3. The van der Waals surface area contributed by atoms with E-state index < -0.39 is 12.1 Å². The topological polar surface area (TPSA) is 69.6 Å². The van der Waals surface area contributed by atoms with Crippen molar-refractivity contribution in [2.24, 2.45) is 0 Å². The van der Waals surface area contributed by atoms with E-state index in [2.05, 4.69) is 67.8 Å². The minimum absolute atomic E-state index is 0.0938. The fraction of sp³-hybridized carbons (Fsp3) is 0.796. The molecule has 4 heteroatoms. The van der Waals surface area contributed by atoms with Crippen molar-refractivity contribution in [1.82, 2.24) is 5.32 Å². The fourth-order valence-corrected chi connectivity index (χ4v) is 7.54. The average Bonchev–Trinajstić information content (AvgIpc) is 3.23. The van der Waals surface area contributed by atoms with Crippen LogP contribution >= 0.6 is 0 Å². The van der Waals surface area contributed by atoms with Gasteiger partial charge in [0.05, 0.1) is 18.8 Å². The van der Waals surface area contributed by atoms with E-state index in [1.54, 1.807) is 6.08 Å². The number of hydrogen-bond acceptors (Lipinski definition) is 3. The molecule has 0 aliphatic rings. The van der Waals surface area contributed by atoms with Crippen LogP contribution in [0.25, 0.3) is 0 Å². The summed E-state index contributed by atoms with van der Waals surface area (Å²) in [5.74, 6) is -0.0938. The molecule has 0 aromatic heterocycles. The van der Waals surface area contributed by atoms with E-state index in [0.29, 0.717) is 6.42 Å². The van der Waals surface area contributed by atoms with Crippen LogP contribution < -0.4 is 5.32 Å². The Labute approximate surface area is 362 Å². The number of rotatable bonds is 46. The number of amides is 1. The van der Waals surface area contributed by atoms with E-state index in [-0.39, 0.29) is 12.5 Å². The molecular formula is C54H99NO3. The second kappa shape index (κ2) is 49.5. The standard InChI is InChI=1S/C54H99NO3/c1-3-5-7-9-11-13-15-17-18-19-20-21-22-23-24-25-26-27-28-29-30-31-32-33-34-35-36-38-39-41-43-45-47-49-53(57)52(51-56)55-54(58)50-48-46-44-42-40-37-16-14-12-10-8-6-4-2/h8,10,14,16,34-35,39,41,47,49,52-53,56-57H,3-7,9,11-13,15,17-33,36-38,40,42-46,48,50-51H2,1-2H3,(H,55,58)/b10-8-,16-14-,35-34+,41-39+,49-47+. The van der Waals surface area contributed by atoms with Crippen LogP contribution in [0.4, 0.5) is 0 Å². The molecule has 0 bridgehead atoms. The van der Waals surface area contributed by atoms with Gasteiger partial charge in [-0.3, -0.25) is 4.79 Å². The molecular weight excluding hydrogens is 711 g/mol. The maximum Gasteiger partial charge on any atom is 0.220 e. The minimum atomic E-state index is -0.878. The van der Waals surface area contributed by atoms with Crippen LogP contribution in [0.2, 0.25) is 0 Å². The van der Waals surface area contributed by atoms with Crippen LogP contribution in [-0.4, -0.2) is 34.9 Å². The summed E-state index contributed by atoms with van der Waals surface area (Å²) in [4.78, 5) is 12.4. The lowest BCUT2D eigenvalue weighted by molar-refractivity contribution is -0.123. The van der Waals surface area contributed by atoms with Crippen molar-refractivity contribution >= 4 is 5.91 Å². The molecule has 0 heterocycles. The molecule has 0 saturated heterocycles. The Morgan fingerprint density at radius 3 is 1.17 bits per heavy atom. The maximum absolute atomic E-state index is 12.4. The van der Waals surface area contributed by atoms with E-state index in [9.17, 15) is 15.0 Å². The molecule has 0 radical (unpaired) electrons. The lowest BCUT2D eigenvalue weighted by Crippen LogP contribution is -2.45. The van der Waals surface area contributed by atoms with Crippen LogP contribution in [0.5, 0.6) is 0 Å². The molecule has 0 aliphatic carbocycles. The van der Waals surface area contributed by atoms with Gasteiger partial charge in [-0.05, 0) is 70.6 Å². The smallest absolute Gasteiger partial charge is 0.220 e. The number of nitrogens with one attached hydrogen (secondary N) is 1. The van der Waals surface area contributed by atoms with Gasteiger partial charge in [-0.25, -0.2) is 0 Å². The Hall–Kier alpha value is -1.91. The number of unbranched alkanes of at least 4 members (excludes halogenated alkanes) is 31. The molecule has 4 nitrogen and oxygen atoms in total. The quantitative estimate of drug-likeness (QED) is 0.0424. The molecule has 0 aliphatic heterocycles. The van der Waals surface area contributed by atoms with E-state index in [4.69, 9.17) is 0 Å². The fourth-order valence-electron chi connectivity index (χ4n) is 7.54. The molecule has 0 aromatic carbocycles. The van der Waals surface area contributed by atoms with Gasteiger partial charge in [0.15, 0.2) is 0 Å². The third-order valence-corrected chi connectivity index (χ3v) is 11.4. The van der Waals surface area contributed by atoms with Gasteiger partial charge in [0.1, 0.15) is 0 Å². The van der Waals surface area contributed by atoms with Gasteiger partial charge in [0.25, 0.3) is 0 Å². The van der Waals surface area contributed by atoms with Crippen molar-refractivity contribution in [3.63, 3.8) is 0 Å². The van der Waals surface area contributed by atoms with Crippen molar-refractivity contribution < 1.29 is 15.0 Å². The number of hydrogen-bond donors (Lipinski definition) is 3. The summed E-state index contributed by atoms with van der Waals surface area (Å²) in [6.45, 7) is 4.23. The van der Waals surface area contributed by atoms with Crippen LogP contribution in [0, 0.1) is 0 Å². The predicted octanol–water partition coefficient (Wildman–Crippen LogP) is 16.5. The van der Waals surface area contributed by atoms with Gasteiger partial charge in [0, 0.05) is 6.42 Å². The molecule has 0 spiro atoms. The summed E-state index contributed by atoms with van der Waals surface area (Å²) < 4.78 is 0. The largest absolute Gasteiger partial charge is 0.394 e. The third kappa shape index (κ3) is 45.2. The van der Waals surface area contributed by atoms with Gasteiger partial charge in [-0.1, -0.05) is 242 Å². The van der Waals surface area contributed by atoms with Gasteiger partial charge >= 0.3 is 0 Å². The highest BCUT2D eigenvalue weighted by Crippen LogP contribution is 2.16. The van der Waals surface area contributed by atoms with E-state index in [0.717, 1.165) is 57.8 Å². The van der Waals surface area contributed by atoms with Crippen LogP contribution in [0.3, 0.4) is 0 Å². The van der Waals surface area contributed by atoms with E-state index >= 15 is 0 Å². The monoisotopic (exact) mass is 810 g/mol. The SMILES string of the molecule is CCC/C=C\C/C=C\CCCCCCCC(=O)NC(CO)C(O)/C=C/CC/C=C/CC/C=C/CCCCCCCCCCCCCCCCCCCCCCCCC. The highest BCUT2D eigenvalue weighted by molar-refractivity contribution is 5.76. The summed E-state index contributed by atoms with van der Waals surface area (Å²) in [5.41, 5.74) is 0. The molecule has 0 fully saturated rings. The first-order valence-corrected chi connectivity index (χ1v) is 25.5. The molecule has 2 atom stereocenters. The van der Waals surface area contributed by atoms with Gasteiger partial charge in [-0.15, -0.1) is 0 Å². The first-order chi connectivity index (χ1) is 28.7. The number of aliphatic hydroxyl groups is 2. The van der Waals surface area contributed by atoms with E-state index in [1.807, 2.05) is 6.08 Å². The first kappa shape index (κ1) is 56.1. The molecule has 2 unspecified atom stereocenters. The second-order valence-corrected chi connectivity index (χ2v) is 17.2. The van der Waals surface area contributed by atoms with Crippen molar-refractivity contribution in [2.45, 2.75) is 270 Å². The zero-order valence-corrected chi connectivity index (χ0v) is 38.8. The normalized spacial score (nSPS) is 13.4. The van der Waals surface area contributed by atoms with Crippen molar-refractivity contribution in [3.05, 3.63) is 60.8 Å². The van der Waals surface area contributed by atoms with Crippen LogP contribution in [-0.2, 0) is 4.79 Å². The second-order valence-electron chi connectivity index (χ2n) is 17.2. The first-order valence-electron chi connectivity index (χ1n) is 25.5. The summed E-state index contributed by atoms with van der Waals surface area (Å²) >= 11 is 0. The number of carbonyl (C=O) groups is 1. The zero-order valence-electron chi connectivity index (χ0n) is 38.8. The van der Waals surface area contributed by atoms with Gasteiger partial charge in [0.2, 0.25) is 5.91 Å². The Morgan fingerprint density at radius 1 is 0.414 bits per heavy atom. The Kier molecular flexibility index (Phi) is 47.8. The van der Waals surface area contributed by atoms with Crippen LogP contribution in [0.1, 0.15) is 258 Å². The summed E-state index contributed by atoms with van der Waals surface area (Å²) in [5, 5.41) is 23.0. The Morgan fingerprint density at radius 2 is 0.759 bits per heavy atom. The Bertz CT molecular complexity index is 965. The van der Waals surface area contributed by atoms with Crippen molar-refractivity contribution in [1.29, 1.82) is 0 Å². The number of aliphatic hydroxyl groups excluding tert-OH is 2. The lowest BCUT2D eigenvalue weighted by atomic mass is 10.0. The maximum atomic E-state index is 12.4. The van der Waals surface area contributed by atoms with Gasteiger partial charge < -0.3 is 15.5 Å². The lowest BCUT2D eigenvalue weighted by Gasteiger charge is -2.19. The van der Waals surface area contributed by atoms with Gasteiger partial charge in [-0.2, -0.15) is 0 Å². The molecule has 0 aromatic rings. The molecule has 3 N–H and O–H groups in total. The Balaban J connectivity index is 3.54. The van der Waals surface area contributed by atoms with Crippen LogP contribution in [0.15, 0.2) is 60.8 Å². The molecule has 1 amide bonds. The third-order valence-electron chi connectivity index (χ3n) is 11.4. The predicted molar refractivity (Wildman–Crippen MR) is 258 cm³/mol. The molecule has 338 valence electrons. The summed E-state index contributed by atoms with van der Waals surface area (Å²) in [6.07, 6.45) is 69.5. The van der Waals surface area contributed by atoms with Crippen molar-refractivity contribution in [3.8, 4) is 0 Å². The molecule has 0 saturated carbocycles. The summed E-state index contributed by atoms with van der Waals surface area (Å²) in [6, 6.07) is -0.655. The summed E-state index contributed by atoms with van der Waals surface area (Å²) in [7, 11) is 0. The molecule has 58 heavy (non-hydrogen) atoms. The number of carbonyl (C=O) groups excluding carboxylic acids is 1. The van der Waals surface area contributed by atoms with E-state index in [1.165, 1.54) is 180 Å². The average molecular weight is 810 g/mol. The molecule has 0 rings (SSSR count). The zero-order chi connectivity index (χ0) is 42.1. The highest BCUT2D eigenvalue weighted by Gasteiger charge is 2.17. The number of allylic oxidation sites excluding steroid dienone is 9.